The third-order valence-corrected chi connectivity index (χ3v) is 3.03. The van der Waals surface area contributed by atoms with Crippen LogP contribution in [0.2, 0.25) is 0 Å². The summed E-state index contributed by atoms with van der Waals surface area (Å²) in [5.41, 5.74) is 0.168. The number of ether oxygens (including phenoxy) is 1. The van der Waals surface area contributed by atoms with Crippen molar-refractivity contribution in [3.63, 3.8) is 0 Å². The quantitative estimate of drug-likeness (QED) is 0.738. The molecule has 0 saturated carbocycles. The van der Waals surface area contributed by atoms with E-state index in [1.807, 2.05) is 0 Å². The Morgan fingerprint density at radius 3 is 2.94 bits per heavy atom. The molecule has 0 fully saturated rings. The van der Waals surface area contributed by atoms with Crippen LogP contribution in [-0.4, -0.2) is 28.1 Å². The van der Waals surface area contributed by atoms with Crippen LogP contribution >= 0.6 is 0 Å². The van der Waals surface area contributed by atoms with Crippen LogP contribution in [0, 0.1) is 5.92 Å². The average Bonchev–Trinajstić information content (AvgIpc) is 2.61. The van der Waals surface area contributed by atoms with E-state index in [0.29, 0.717) is 31.5 Å². The molecule has 0 N–H and O–H groups in total. The Hall–Kier alpha value is -1.53. The number of nitrogens with zero attached hydrogens (tertiary/aromatic N) is 3. The summed E-state index contributed by atoms with van der Waals surface area (Å²) >= 11 is 0. The lowest BCUT2D eigenvalue weighted by Crippen LogP contribution is -2.17. The molecule has 0 amide bonds. The second-order valence-electron chi connectivity index (χ2n) is 3.99. The van der Waals surface area contributed by atoms with E-state index in [1.165, 1.54) is 11.8 Å². The van der Waals surface area contributed by atoms with Crippen molar-refractivity contribution in [2.75, 3.05) is 7.11 Å². The van der Waals surface area contributed by atoms with Gasteiger partial charge in [-0.1, -0.05) is 5.21 Å². The molecule has 94 valence electrons. The van der Waals surface area contributed by atoms with Gasteiger partial charge in [0.1, 0.15) is 0 Å². The van der Waals surface area contributed by atoms with Gasteiger partial charge in [0, 0.05) is 6.54 Å². The predicted molar refractivity (Wildman–Crippen MR) is 53.4 cm³/mol. The van der Waals surface area contributed by atoms with Gasteiger partial charge >= 0.3 is 5.97 Å². The Balaban J connectivity index is 2.16. The lowest BCUT2D eigenvalue weighted by molar-refractivity contribution is -0.145. The Kier molecular flexibility index (Phi) is 3.35. The molecule has 5 nitrogen and oxygen atoms in total. The molecule has 0 bridgehead atoms. The van der Waals surface area contributed by atoms with Gasteiger partial charge < -0.3 is 4.74 Å². The van der Waals surface area contributed by atoms with E-state index in [1.54, 1.807) is 0 Å². The van der Waals surface area contributed by atoms with Gasteiger partial charge in [-0.25, -0.2) is 13.5 Å². The van der Waals surface area contributed by atoms with Crippen molar-refractivity contribution in [3.8, 4) is 0 Å². The molecule has 0 aromatic carbocycles. The molecule has 0 spiro atoms. The highest BCUT2D eigenvalue weighted by Crippen LogP contribution is 2.26. The highest BCUT2D eigenvalue weighted by Gasteiger charge is 2.28. The molecular formula is C10H13F2N3O2. The maximum atomic E-state index is 12.6. The highest BCUT2D eigenvalue weighted by atomic mass is 19.3. The minimum Gasteiger partial charge on any atom is -0.469 e. The molecule has 0 aliphatic carbocycles. The SMILES string of the molecule is COC(=O)[C@H]1CCc2c(C(F)F)nnn2CC1. The maximum Gasteiger partial charge on any atom is 0.308 e. The van der Waals surface area contributed by atoms with Crippen molar-refractivity contribution in [1.82, 2.24) is 15.0 Å². The summed E-state index contributed by atoms with van der Waals surface area (Å²) in [6.45, 7) is 0.425. The van der Waals surface area contributed by atoms with E-state index in [0.717, 1.165) is 0 Å². The van der Waals surface area contributed by atoms with Gasteiger partial charge in [0.05, 0.1) is 18.7 Å². The van der Waals surface area contributed by atoms with Crippen molar-refractivity contribution < 1.29 is 18.3 Å². The first-order valence-corrected chi connectivity index (χ1v) is 5.41. The third kappa shape index (κ3) is 2.27. The van der Waals surface area contributed by atoms with Crippen LogP contribution in [0.3, 0.4) is 0 Å². The molecule has 1 aromatic heterocycles. The third-order valence-electron chi connectivity index (χ3n) is 3.03. The van der Waals surface area contributed by atoms with Crippen LogP contribution in [0.4, 0.5) is 8.78 Å². The summed E-state index contributed by atoms with van der Waals surface area (Å²) < 4.78 is 31.4. The van der Waals surface area contributed by atoms with Crippen LogP contribution in [0.15, 0.2) is 0 Å². The molecule has 1 aromatic rings. The summed E-state index contributed by atoms with van der Waals surface area (Å²) in [6.07, 6.45) is -1.19. The molecule has 1 aliphatic rings. The number of alkyl halides is 2. The Bertz CT molecular complexity index is 420. The number of carbonyl (C=O) groups excluding carboxylic acids is 1. The average molecular weight is 245 g/mol. The van der Waals surface area contributed by atoms with E-state index < -0.39 is 6.43 Å². The number of hydrogen-bond donors (Lipinski definition) is 0. The van der Waals surface area contributed by atoms with E-state index in [4.69, 9.17) is 0 Å². The normalized spacial score (nSPS) is 19.9. The second-order valence-corrected chi connectivity index (χ2v) is 3.99. The summed E-state index contributed by atoms with van der Waals surface area (Å²) in [6, 6.07) is 0. The Morgan fingerprint density at radius 1 is 1.53 bits per heavy atom. The lowest BCUT2D eigenvalue weighted by atomic mass is 10.00. The Morgan fingerprint density at radius 2 is 2.29 bits per heavy atom. The van der Waals surface area contributed by atoms with Crippen LogP contribution in [0.1, 0.15) is 30.7 Å². The van der Waals surface area contributed by atoms with Crippen LogP contribution in [0.25, 0.3) is 0 Å². The second kappa shape index (κ2) is 4.77. The van der Waals surface area contributed by atoms with Gasteiger partial charge in [0.2, 0.25) is 0 Å². The number of aryl methyl sites for hydroxylation is 1. The zero-order valence-corrected chi connectivity index (χ0v) is 9.40. The van der Waals surface area contributed by atoms with Gasteiger partial charge in [-0.2, -0.15) is 0 Å². The van der Waals surface area contributed by atoms with Gasteiger partial charge in [-0.3, -0.25) is 4.79 Å². The van der Waals surface area contributed by atoms with Crippen molar-refractivity contribution in [2.45, 2.75) is 32.2 Å². The van der Waals surface area contributed by atoms with Crippen molar-refractivity contribution in [1.29, 1.82) is 0 Å². The molecule has 17 heavy (non-hydrogen) atoms. The topological polar surface area (TPSA) is 57.0 Å². The van der Waals surface area contributed by atoms with Crippen LogP contribution in [-0.2, 0) is 22.5 Å². The number of halogens is 2. The summed E-state index contributed by atoms with van der Waals surface area (Å²) in [5, 5.41) is 7.17. The van der Waals surface area contributed by atoms with Crippen LogP contribution in [0.5, 0.6) is 0 Å². The fourth-order valence-electron chi connectivity index (χ4n) is 2.09. The highest BCUT2D eigenvalue weighted by molar-refractivity contribution is 5.72. The zero-order chi connectivity index (χ0) is 12.4. The molecule has 0 saturated heterocycles. The summed E-state index contributed by atoms with van der Waals surface area (Å²) in [7, 11) is 1.33. The number of hydrogen-bond acceptors (Lipinski definition) is 4. The molecule has 7 heteroatoms. The first kappa shape index (κ1) is 11.9. The maximum absolute atomic E-state index is 12.6. The molecule has 2 rings (SSSR count). The van der Waals surface area contributed by atoms with Gasteiger partial charge in [-0.05, 0) is 19.3 Å². The van der Waals surface area contributed by atoms with Crippen LogP contribution < -0.4 is 0 Å². The molecule has 0 unspecified atom stereocenters. The monoisotopic (exact) mass is 245 g/mol. The minimum atomic E-state index is -2.62. The number of rotatable bonds is 2. The lowest BCUT2D eigenvalue weighted by Gasteiger charge is -2.09. The number of aromatic nitrogens is 3. The number of fused-ring (bicyclic) bond motifs is 1. The Labute approximate surface area is 96.7 Å². The predicted octanol–water partition coefficient (Wildman–Crippen LogP) is 1.34. The minimum absolute atomic E-state index is 0.243. The number of esters is 1. The molecular weight excluding hydrogens is 232 g/mol. The molecule has 0 radical (unpaired) electrons. The zero-order valence-electron chi connectivity index (χ0n) is 9.40. The van der Waals surface area contributed by atoms with Gasteiger partial charge in [-0.15, -0.1) is 5.10 Å². The van der Waals surface area contributed by atoms with Gasteiger partial charge in [0.25, 0.3) is 6.43 Å². The molecule has 1 atom stereocenters. The van der Waals surface area contributed by atoms with Crippen molar-refractivity contribution in [3.05, 3.63) is 11.4 Å². The fraction of sp³-hybridized carbons (Fsp3) is 0.700. The standard InChI is InChI=1S/C10H13F2N3O2/c1-17-10(16)6-2-3-7-8(9(11)12)13-14-15(7)5-4-6/h6,9H,2-5H2,1H3/t6-/m0/s1. The van der Waals surface area contributed by atoms with E-state index in [2.05, 4.69) is 15.0 Å². The van der Waals surface area contributed by atoms with Crippen molar-refractivity contribution >= 4 is 5.97 Å². The van der Waals surface area contributed by atoms with E-state index in [9.17, 15) is 13.6 Å². The van der Waals surface area contributed by atoms with E-state index in [-0.39, 0.29) is 17.6 Å². The molecule has 2 heterocycles. The fourth-order valence-corrected chi connectivity index (χ4v) is 2.09. The summed E-state index contributed by atoms with van der Waals surface area (Å²) in [4.78, 5) is 11.4. The number of carbonyl (C=O) groups is 1. The smallest absolute Gasteiger partial charge is 0.308 e. The van der Waals surface area contributed by atoms with Gasteiger partial charge in [0.15, 0.2) is 5.69 Å². The largest absolute Gasteiger partial charge is 0.469 e. The van der Waals surface area contributed by atoms with E-state index >= 15 is 0 Å². The first-order valence-electron chi connectivity index (χ1n) is 5.41. The summed E-state index contributed by atoms with van der Waals surface area (Å²) in [5.74, 6) is -0.533. The van der Waals surface area contributed by atoms with Crippen molar-refractivity contribution in [2.24, 2.45) is 5.92 Å². The molecule has 1 aliphatic heterocycles. The number of methoxy groups -OCH3 is 1. The first-order chi connectivity index (χ1) is 8.13.